The van der Waals surface area contributed by atoms with Crippen molar-refractivity contribution in [2.24, 2.45) is 10.2 Å². The highest BCUT2D eigenvalue weighted by Crippen LogP contribution is 2.39. The number of carbonyl (C=O) groups is 2. The van der Waals surface area contributed by atoms with Gasteiger partial charge in [-0.3, -0.25) is 9.59 Å². The maximum Gasteiger partial charge on any atom is 0.240 e. The summed E-state index contributed by atoms with van der Waals surface area (Å²) in [5.41, 5.74) is 5.52. The van der Waals surface area contributed by atoms with Gasteiger partial charge < -0.3 is 9.47 Å². The van der Waals surface area contributed by atoms with Crippen molar-refractivity contribution < 1.29 is 19.1 Å². The fourth-order valence-corrected chi connectivity index (χ4v) is 5.77. The maximum absolute atomic E-state index is 12.6. The first-order valence-electron chi connectivity index (χ1n) is 14.8. The minimum atomic E-state index is -0.265. The van der Waals surface area contributed by atoms with Gasteiger partial charge in [-0.25, -0.2) is 10.0 Å². The van der Waals surface area contributed by atoms with E-state index in [1.54, 1.807) is 10.0 Å². The van der Waals surface area contributed by atoms with Gasteiger partial charge in [0.15, 0.2) is 0 Å². The number of amides is 2. The monoisotopic (exact) mass is 586 g/mol. The summed E-state index contributed by atoms with van der Waals surface area (Å²) >= 11 is 0. The third-order valence-electron chi connectivity index (χ3n) is 7.83. The summed E-state index contributed by atoms with van der Waals surface area (Å²) in [5, 5.41) is 12.4. The van der Waals surface area contributed by atoms with Crippen molar-refractivity contribution in [2.75, 3.05) is 13.2 Å². The van der Waals surface area contributed by atoms with Gasteiger partial charge in [-0.1, -0.05) is 97.1 Å². The Balaban J connectivity index is 1.14. The molecule has 0 spiro atoms. The SMILES string of the molecule is CC(=O)N1N=C(c2ccccc2)CC1c1ccccc1OCCOc1ccccc1C1CC(c2ccccc2)=NN1C(C)=O. The number of hydrogen-bond donors (Lipinski definition) is 0. The molecule has 6 rings (SSSR count). The van der Waals surface area contributed by atoms with Crippen molar-refractivity contribution in [2.45, 2.75) is 38.8 Å². The van der Waals surface area contributed by atoms with E-state index >= 15 is 0 Å². The van der Waals surface area contributed by atoms with E-state index in [-0.39, 0.29) is 37.1 Å². The third-order valence-corrected chi connectivity index (χ3v) is 7.83. The number of hydrogen-bond acceptors (Lipinski definition) is 6. The van der Waals surface area contributed by atoms with E-state index in [0.717, 1.165) is 33.7 Å². The average Bonchev–Trinajstić information content (AvgIpc) is 3.71. The molecule has 2 aliphatic rings. The normalized spacial score (nSPS) is 17.7. The van der Waals surface area contributed by atoms with Gasteiger partial charge >= 0.3 is 0 Å². The molecule has 0 radical (unpaired) electrons. The molecule has 2 amide bonds. The first-order chi connectivity index (χ1) is 21.5. The zero-order chi connectivity index (χ0) is 30.5. The number of para-hydroxylation sites is 2. The van der Waals surface area contributed by atoms with Crippen LogP contribution in [-0.4, -0.2) is 46.5 Å². The molecule has 0 saturated carbocycles. The van der Waals surface area contributed by atoms with E-state index in [9.17, 15) is 9.59 Å². The summed E-state index contributed by atoms with van der Waals surface area (Å²) in [6, 6.07) is 34.8. The molecule has 222 valence electrons. The number of rotatable bonds is 9. The molecule has 0 fully saturated rings. The Morgan fingerprint density at radius 3 is 1.34 bits per heavy atom. The van der Waals surface area contributed by atoms with Gasteiger partial charge in [0, 0.05) is 37.8 Å². The van der Waals surface area contributed by atoms with E-state index in [4.69, 9.17) is 9.47 Å². The summed E-state index contributed by atoms with van der Waals surface area (Å²) in [7, 11) is 0. The van der Waals surface area contributed by atoms with Gasteiger partial charge in [0.05, 0.1) is 23.5 Å². The smallest absolute Gasteiger partial charge is 0.240 e. The molecule has 4 aromatic carbocycles. The lowest BCUT2D eigenvalue weighted by Gasteiger charge is -2.24. The summed E-state index contributed by atoms with van der Waals surface area (Å²) in [5.74, 6) is 1.12. The molecule has 0 N–H and O–H groups in total. The summed E-state index contributed by atoms with van der Waals surface area (Å²) in [6.45, 7) is 3.64. The second-order valence-corrected chi connectivity index (χ2v) is 10.8. The predicted molar refractivity (Wildman–Crippen MR) is 170 cm³/mol. The van der Waals surface area contributed by atoms with Crippen molar-refractivity contribution >= 4 is 23.2 Å². The van der Waals surface area contributed by atoms with Gasteiger partial charge in [-0.05, 0) is 23.3 Å². The highest BCUT2D eigenvalue weighted by Gasteiger charge is 2.34. The third kappa shape index (κ3) is 6.10. The first kappa shape index (κ1) is 28.9. The van der Waals surface area contributed by atoms with Gasteiger partial charge in [0.2, 0.25) is 11.8 Å². The molecule has 2 atom stereocenters. The van der Waals surface area contributed by atoms with E-state index in [1.807, 2.05) is 109 Å². The van der Waals surface area contributed by atoms with Gasteiger partial charge in [0.25, 0.3) is 0 Å². The van der Waals surface area contributed by atoms with Crippen LogP contribution in [-0.2, 0) is 9.59 Å². The molecule has 2 unspecified atom stereocenters. The molecule has 8 heteroatoms. The van der Waals surface area contributed by atoms with Crippen molar-refractivity contribution in [1.82, 2.24) is 10.0 Å². The molecule has 44 heavy (non-hydrogen) atoms. The zero-order valence-corrected chi connectivity index (χ0v) is 24.8. The standard InChI is InChI=1S/C36H34N4O4/c1-25(41)39-33(23-31(37-39)27-13-5-3-6-14-27)29-17-9-11-19-35(29)43-21-22-44-36-20-12-10-18-30(36)34-24-32(38-40(34)26(2)42)28-15-7-4-8-16-28/h3-20,33-34H,21-24H2,1-2H3. The van der Waals surface area contributed by atoms with Crippen molar-refractivity contribution in [3.05, 3.63) is 131 Å². The van der Waals surface area contributed by atoms with Gasteiger partial charge in [-0.15, -0.1) is 0 Å². The predicted octanol–water partition coefficient (Wildman–Crippen LogP) is 6.54. The van der Waals surface area contributed by atoms with E-state index in [0.29, 0.717) is 24.3 Å². The van der Waals surface area contributed by atoms with Gasteiger partial charge in [-0.2, -0.15) is 10.2 Å². The number of benzene rings is 4. The highest BCUT2D eigenvalue weighted by molar-refractivity contribution is 6.03. The minimum Gasteiger partial charge on any atom is -0.490 e. The van der Waals surface area contributed by atoms with Crippen molar-refractivity contribution in [3.8, 4) is 11.5 Å². The Morgan fingerprint density at radius 2 is 0.955 bits per heavy atom. The van der Waals surface area contributed by atoms with E-state index in [1.165, 1.54) is 13.8 Å². The Kier molecular flexibility index (Phi) is 8.50. The fourth-order valence-electron chi connectivity index (χ4n) is 5.77. The molecule has 4 aromatic rings. The number of hydrazone groups is 2. The molecule has 0 bridgehead atoms. The second-order valence-electron chi connectivity index (χ2n) is 10.8. The highest BCUT2D eigenvalue weighted by atomic mass is 16.5. The molecule has 0 aliphatic carbocycles. The quantitative estimate of drug-likeness (QED) is 0.209. The maximum atomic E-state index is 12.6. The molecule has 0 saturated heterocycles. The first-order valence-corrected chi connectivity index (χ1v) is 14.8. The molecule has 2 aliphatic heterocycles. The van der Waals surface area contributed by atoms with Crippen LogP contribution >= 0.6 is 0 Å². The van der Waals surface area contributed by atoms with Crippen LogP contribution in [0.3, 0.4) is 0 Å². The number of nitrogens with zero attached hydrogens (tertiary/aromatic N) is 4. The number of ether oxygens (including phenoxy) is 2. The molecular weight excluding hydrogens is 552 g/mol. The van der Waals surface area contributed by atoms with Crippen LogP contribution < -0.4 is 9.47 Å². The lowest BCUT2D eigenvalue weighted by atomic mass is 9.97. The van der Waals surface area contributed by atoms with E-state index < -0.39 is 0 Å². The van der Waals surface area contributed by atoms with Crippen LogP contribution in [0.4, 0.5) is 0 Å². The minimum absolute atomic E-state index is 0.124. The zero-order valence-electron chi connectivity index (χ0n) is 24.8. The Bertz CT molecular complexity index is 1580. The van der Waals surface area contributed by atoms with Crippen LogP contribution in [0.25, 0.3) is 0 Å². The lowest BCUT2D eigenvalue weighted by Crippen LogP contribution is -2.25. The Hall–Kier alpha value is -5.24. The van der Waals surface area contributed by atoms with Gasteiger partial charge in [0.1, 0.15) is 24.7 Å². The van der Waals surface area contributed by atoms with Crippen LogP contribution in [0.1, 0.15) is 61.0 Å². The summed E-state index contributed by atoms with van der Waals surface area (Å²) in [4.78, 5) is 25.1. The lowest BCUT2D eigenvalue weighted by molar-refractivity contribution is -0.131. The van der Waals surface area contributed by atoms with Crippen LogP contribution in [0.5, 0.6) is 11.5 Å². The van der Waals surface area contributed by atoms with Crippen molar-refractivity contribution in [1.29, 1.82) is 0 Å². The Labute approximate surface area is 257 Å². The summed E-state index contributed by atoms with van der Waals surface area (Å²) < 4.78 is 12.5. The molecule has 8 nitrogen and oxygen atoms in total. The fraction of sp³-hybridized carbons (Fsp3) is 0.222. The van der Waals surface area contributed by atoms with Crippen LogP contribution in [0, 0.1) is 0 Å². The van der Waals surface area contributed by atoms with Crippen molar-refractivity contribution in [3.63, 3.8) is 0 Å². The molecular formula is C36H34N4O4. The molecule has 2 heterocycles. The molecule has 0 aromatic heterocycles. The second kappa shape index (κ2) is 13.0. The Morgan fingerprint density at radius 1 is 0.591 bits per heavy atom. The van der Waals surface area contributed by atoms with Crippen LogP contribution in [0.2, 0.25) is 0 Å². The van der Waals surface area contributed by atoms with Crippen LogP contribution in [0.15, 0.2) is 119 Å². The largest absolute Gasteiger partial charge is 0.490 e. The topological polar surface area (TPSA) is 83.8 Å². The van der Waals surface area contributed by atoms with E-state index in [2.05, 4.69) is 10.2 Å². The average molecular weight is 587 g/mol. The number of carbonyl (C=O) groups excluding carboxylic acids is 2. The summed E-state index contributed by atoms with van der Waals surface area (Å²) in [6.07, 6.45) is 1.18.